The lowest BCUT2D eigenvalue weighted by Gasteiger charge is -1.97. The van der Waals surface area contributed by atoms with Gasteiger partial charge in [-0.15, -0.1) is 0 Å². The van der Waals surface area contributed by atoms with Crippen molar-refractivity contribution in [3.05, 3.63) is 6.61 Å². The summed E-state index contributed by atoms with van der Waals surface area (Å²) in [5.74, 6) is 0. The quantitative estimate of drug-likeness (QED) is 0.512. The van der Waals surface area contributed by atoms with Gasteiger partial charge in [-0.25, -0.2) is 0 Å². The maximum atomic E-state index is 5.00. The molecule has 1 heterocycles. The van der Waals surface area contributed by atoms with Crippen LogP contribution in [0.25, 0.3) is 0 Å². The van der Waals surface area contributed by atoms with Gasteiger partial charge in [0.25, 0.3) is 0 Å². The minimum atomic E-state index is 0.736. The van der Waals surface area contributed by atoms with Crippen molar-refractivity contribution in [1.82, 2.24) is 0 Å². The normalized spacial score (nSPS) is 31.3. The van der Waals surface area contributed by atoms with E-state index in [2.05, 4.69) is 6.26 Å². The average molecular weight is 117 g/mol. The monoisotopic (exact) mass is 117 g/mol. The van der Waals surface area contributed by atoms with Crippen molar-refractivity contribution in [3.8, 4) is 0 Å². The van der Waals surface area contributed by atoms with E-state index in [1.165, 1.54) is 0 Å². The van der Waals surface area contributed by atoms with Crippen LogP contribution < -0.4 is 0 Å². The van der Waals surface area contributed by atoms with E-state index in [0.29, 0.717) is 0 Å². The van der Waals surface area contributed by atoms with Crippen molar-refractivity contribution in [2.75, 3.05) is 12.9 Å². The molecule has 0 amide bonds. The lowest BCUT2D eigenvalue weighted by Crippen LogP contribution is -1.97. The molecular weight excluding hydrogens is 108 g/mol. The molecule has 1 unspecified atom stereocenters. The smallest absolute Gasteiger partial charge is 0.0849 e. The molecule has 1 nitrogen and oxygen atoms in total. The molecule has 2 heteroatoms. The first-order valence-corrected chi connectivity index (χ1v) is 3.68. The summed E-state index contributed by atoms with van der Waals surface area (Å²) in [7, 11) is 0. The molecule has 0 saturated carbocycles. The summed E-state index contributed by atoms with van der Waals surface area (Å²) in [4.78, 5) is 0. The molecule has 0 bridgehead atoms. The zero-order chi connectivity index (χ0) is 5.11. The molecule has 1 atom stereocenters. The van der Waals surface area contributed by atoms with E-state index in [0.717, 1.165) is 18.3 Å². The Labute approximate surface area is 48.4 Å². The van der Waals surface area contributed by atoms with Gasteiger partial charge in [-0.3, -0.25) is 0 Å². The molecule has 0 spiro atoms. The Morgan fingerprint density at radius 3 is 3.00 bits per heavy atom. The Kier molecular flexibility index (Phi) is 2.00. The van der Waals surface area contributed by atoms with Crippen LogP contribution in [0.3, 0.4) is 0 Å². The predicted molar refractivity (Wildman–Crippen MR) is 32.2 cm³/mol. The third kappa shape index (κ3) is 1.35. The molecule has 1 aliphatic rings. The highest BCUT2D eigenvalue weighted by atomic mass is 32.2. The van der Waals surface area contributed by atoms with Crippen LogP contribution >= 0.6 is 11.8 Å². The first kappa shape index (κ1) is 5.45. The van der Waals surface area contributed by atoms with Gasteiger partial charge in [0.15, 0.2) is 0 Å². The Bertz CT molecular complexity index is 50.0. The third-order valence-corrected chi connectivity index (χ3v) is 2.09. The molecule has 1 rings (SSSR count). The van der Waals surface area contributed by atoms with Crippen molar-refractivity contribution in [2.24, 2.45) is 0 Å². The van der Waals surface area contributed by atoms with Crippen molar-refractivity contribution < 1.29 is 4.74 Å². The van der Waals surface area contributed by atoms with E-state index in [-0.39, 0.29) is 0 Å². The van der Waals surface area contributed by atoms with Gasteiger partial charge in [-0.2, -0.15) is 11.8 Å². The molecule has 7 heavy (non-hydrogen) atoms. The van der Waals surface area contributed by atoms with Crippen LogP contribution in [0.1, 0.15) is 6.42 Å². The standard InChI is InChI=1S/C5H9OS/c1-7-5-2-3-6-4-5/h3,5H,2,4H2,1H3. The fourth-order valence-corrected chi connectivity index (χ4v) is 1.07. The fraction of sp³-hybridized carbons (Fsp3) is 0.800. The van der Waals surface area contributed by atoms with E-state index in [4.69, 9.17) is 4.74 Å². The van der Waals surface area contributed by atoms with Crippen LogP contribution in [-0.2, 0) is 4.74 Å². The second kappa shape index (κ2) is 2.58. The van der Waals surface area contributed by atoms with Gasteiger partial charge in [-0.05, 0) is 12.7 Å². The van der Waals surface area contributed by atoms with Crippen molar-refractivity contribution in [1.29, 1.82) is 0 Å². The second-order valence-corrected chi connectivity index (χ2v) is 2.73. The Balaban J connectivity index is 2.14. The van der Waals surface area contributed by atoms with Crippen molar-refractivity contribution in [3.63, 3.8) is 0 Å². The Hall–Kier alpha value is 0.310. The van der Waals surface area contributed by atoms with Crippen LogP contribution in [0.5, 0.6) is 0 Å². The van der Waals surface area contributed by atoms with Crippen LogP contribution in [0.4, 0.5) is 0 Å². The van der Waals surface area contributed by atoms with Gasteiger partial charge in [0.05, 0.1) is 13.2 Å². The summed E-state index contributed by atoms with van der Waals surface area (Å²) in [5, 5.41) is 0.736. The lowest BCUT2D eigenvalue weighted by molar-refractivity contribution is 0.256. The molecule has 0 aromatic carbocycles. The second-order valence-electron chi connectivity index (χ2n) is 1.59. The number of hydrogen-bond acceptors (Lipinski definition) is 2. The number of ether oxygens (including phenoxy) is 1. The van der Waals surface area contributed by atoms with Crippen molar-refractivity contribution in [2.45, 2.75) is 11.7 Å². The average Bonchev–Trinajstić information content (AvgIpc) is 2.14. The van der Waals surface area contributed by atoms with Crippen molar-refractivity contribution >= 4 is 11.8 Å². The summed E-state index contributed by atoms with van der Waals surface area (Å²) >= 11 is 1.88. The first-order chi connectivity index (χ1) is 3.43. The van der Waals surface area contributed by atoms with E-state index in [1.54, 1.807) is 0 Å². The van der Waals surface area contributed by atoms with E-state index < -0.39 is 0 Å². The molecule has 1 aliphatic heterocycles. The van der Waals surface area contributed by atoms with Gasteiger partial charge < -0.3 is 4.74 Å². The Morgan fingerprint density at radius 1 is 1.86 bits per heavy atom. The minimum absolute atomic E-state index is 0.736. The zero-order valence-corrected chi connectivity index (χ0v) is 5.20. The van der Waals surface area contributed by atoms with Crippen LogP contribution in [0.2, 0.25) is 0 Å². The summed E-state index contributed by atoms with van der Waals surface area (Å²) in [6, 6.07) is 0. The Morgan fingerprint density at radius 2 is 2.71 bits per heavy atom. The molecule has 0 aromatic heterocycles. The highest BCUT2D eigenvalue weighted by Crippen LogP contribution is 2.19. The number of hydrogen-bond donors (Lipinski definition) is 0. The maximum Gasteiger partial charge on any atom is 0.0849 e. The first-order valence-electron chi connectivity index (χ1n) is 2.39. The van der Waals surface area contributed by atoms with Crippen LogP contribution in [0, 0.1) is 6.61 Å². The van der Waals surface area contributed by atoms with E-state index >= 15 is 0 Å². The zero-order valence-electron chi connectivity index (χ0n) is 4.39. The molecule has 41 valence electrons. The number of thioether (sulfide) groups is 1. The highest BCUT2D eigenvalue weighted by molar-refractivity contribution is 7.99. The largest absolute Gasteiger partial charge is 0.374 e. The van der Waals surface area contributed by atoms with Gasteiger partial charge >= 0.3 is 0 Å². The molecule has 0 aliphatic carbocycles. The molecule has 0 N–H and O–H groups in total. The van der Waals surface area contributed by atoms with E-state index in [9.17, 15) is 0 Å². The van der Waals surface area contributed by atoms with Gasteiger partial charge in [0, 0.05) is 5.25 Å². The van der Waals surface area contributed by atoms with Gasteiger partial charge in [-0.1, -0.05) is 0 Å². The minimum Gasteiger partial charge on any atom is -0.374 e. The summed E-state index contributed by atoms with van der Waals surface area (Å²) in [6.45, 7) is 2.81. The number of rotatable bonds is 1. The van der Waals surface area contributed by atoms with Gasteiger partial charge in [0.2, 0.25) is 0 Å². The topological polar surface area (TPSA) is 9.23 Å². The molecular formula is C5H9OS. The van der Waals surface area contributed by atoms with Crippen LogP contribution in [-0.4, -0.2) is 18.1 Å². The predicted octanol–water partition coefficient (Wildman–Crippen LogP) is 1.30. The summed E-state index contributed by atoms with van der Waals surface area (Å²) in [5.41, 5.74) is 0. The molecule has 0 aromatic rings. The highest BCUT2D eigenvalue weighted by Gasteiger charge is 2.13. The SMILES string of the molecule is CSC1C[CH]OC1. The van der Waals surface area contributed by atoms with Gasteiger partial charge in [0.1, 0.15) is 0 Å². The third-order valence-electron chi connectivity index (χ3n) is 1.09. The lowest BCUT2D eigenvalue weighted by atomic mass is 10.4. The molecule has 1 radical (unpaired) electrons. The fourth-order valence-electron chi connectivity index (χ4n) is 0.583. The summed E-state index contributed by atoms with van der Waals surface area (Å²) in [6.07, 6.45) is 3.24. The summed E-state index contributed by atoms with van der Waals surface area (Å²) < 4.78 is 5.00. The molecule has 1 fully saturated rings. The van der Waals surface area contributed by atoms with Crippen LogP contribution in [0.15, 0.2) is 0 Å². The van der Waals surface area contributed by atoms with E-state index in [1.807, 2.05) is 18.4 Å². The maximum absolute atomic E-state index is 5.00. The molecule has 1 saturated heterocycles.